The fourth-order valence-electron chi connectivity index (χ4n) is 2.36. The van der Waals surface area contributed by atoms with Gasteiger partial charge in [0.2, 0.25) is 0 Å². The molecule has 2 aromatic heterocycles. The zero-order valence-corrected chi connectivity index (χ0v) is 13.8. The molecule has 0 saturated heterocycles. The minimum atomic E-state index is 0.0573. The number of carbonyl (C=O) groups is 1. The van der Waals surface area contributed by atoms with E-state index in [9.17, 15) is 4.79 Å². The van der Waals surface area contributed by atoms with Crippen molar-refractivity contribution in [3.63, 3.8) is 0 Å². The number of hydrogen-bond donors (Lipinski definition) is 1. The predicted octanol–water partition coefficient (Wildman–Crippen LogP) is 3.35. The van der Waals surface area contributed by atoms with Crippen molar-refractivity contribution in [2.24, 2.45) is 0 Å². The van der Waals surface area contributed by atoms with Gasteiger partial charge in [0, 0.05) is 38.2 Å². The fraction of sp³-hybridized carbons (Fsp3) is 0.389. The Morgan fingerprint density at radius 1 is 1.09 bits per heavy atom. The van der Waals surface area contributed by atoms with E-state index in [4.69, 9.17) is 0 Å². The topological polar surface area (TPSA) is 58.1 Å². The first kappa shape index (κ1) is 16.9. The van der Waals surface area contributed by atoms with Crippen molar-refractivity contribution in [2.75, 3.05) is 18.4 Å². The van der Waals surface area contributed by atoms with E-state index >= 15 is 0 Å². The molecule has 2 heterocycles. The van der Waals surface area contributed by atoms with Crippen molar-refractivity contribution >= 4 is 11.7 Å². The highest BCUT2D eigenvalue weighted by atomic mass is 16.2. The number of pyridine rings is 2. The largest absolute Gasteiger partial charge is 0.366 e. The average molecular weight is 312 g/mol. The highest BCUT2D eigenvalue weighted by Gasteiger charge is 2.14. The van der Waals surface area contributed by atoms with Gasteiger partial charge in [0.15, 0.2) is 0 Å². The molecule has 23 heavy (non-hydrogen) atoms. The lowest BCUT2D eigenvalue weighted by molar-refractivity contribution is 0.0755. The number of rotatable bonds is 8. The normalized spacial score (nSPS) is 10.3. The Labute approximate surface area is 137 Å². The molecule has 0 fully saturated rings. The molecule has 0 atom stereocenters. The summed E-state index contributed by atoms with van der Waals surface area (Å²) in [5.41, 5.74) is 1.78. The van der Waals surface area contributed by atoms with Crippen LogP contribution in [0, 0.1) is 0 Å². The summed E-state index contributed by atoms with van der Waals surface area (Å²) in [5.74, 6) is 0.817. The zero-order chi connectivity index (χ0) is 16.5. The quantitative estimate of drug-likeness (QED) is 0.812. The summed E-state index contributed by atoms with van der Waals surface area (Å²) in [6.07, 6.45) is 7.11. The smallest absolute Gasteiger partial charge is 0.255 e. The van der Waals surface area contributed by atoms with E-state index in [1.807, 2.05) is 29.2 Å². The van der Waals surface area contributed by atoms with Crippen molar-refractivity contribution in [3.05, 3.63) is 54.0 Å². The summed E-state index contributed by atoms with van der Waals surface area (Å²) in [6.45, 7) is 6.42. The number of aromatic nitrogens is 2. The molecule has 0 saturated carbocycles. The van der Waals surface area contributed by atoms with Gasteiger partial charge < -0.3 is 10.2 Å². The van der Waals surface area contributed by atoms with Crippen LogP contribution in [0.3, 0.4) is 0 Å². The summed E-state index contributed by atoms with van der Waals surface area (Å²) in [4.78, 5) is 22.7. The van der Waals surface area contributed by atoms with Crippen LogP contribution in [0.2, 0.25) is 0 Å². The molecule has 2 rings (SSSR count). The molecule has 0 aliphatic carbocycles. The minimum Gasteiger partial charge on any atom is -0.366 e. The monoisotopic (exact) mass is 312 g/mol. The molecule has 0 radical (unpaired) electrons. The van der Waals surface area contributed by atoms with Crippen LogP contribution in [-0.4, -0.2) is 33.9 Å². The standard InChI is InChI=1S/C18H24N4O/c1-3-11-22(12-4-2)18(23)16-5-6-17(21-14-16)20-13-15-7-9-19-10-8-15/h5-10,14H,3-4,11-13H2,1-2H3,(H,20,21). The van der Waals surface area contributed by atoms with E-state index in [1.54, 1.807) is 18.6 Å². The van der Waals surface area contributed by atoms with Gasteiger partial charge in [0.25, 0.3) is 5.91 Å². The summed E-state index contributed by atoms with van der Waals surface area (Å²) in [6, 6.07) is 7.60. The molecule has 0 unspecified atom stereocenters. The van der Waals surface area contributed by atoms with Crippen LogP contribution in [0.25, 0.3) is 0 Å². The summed E-state index contributed by atoms with van der Waals surface area (Å²) in [5, 5.41) is 3.24. The maximum absolute atomic E-state index is 12.5. The van der Waals surface area contributed by atoms with Gasteiger partial charge in [-0.05, 0) is 42.7 Å². The first-order valence-corrected chi connectivity index (χ1v) is 8.12. The molecule has 122 valence electrons. The molecule has 5 nitrogen and oxygen atoms in total. The van der Waals surface area contributed by atoms with E-state index in [2.05, 4.69) is 29.1 Å². The molecule has 2 aromatic rings. The molecule has 0 aliphatic rings. The predicted molar refractivity (Wildman–Crippen MR) is 92.3 cm³/mol. The van der Waals surface area contributed by atoms with Gasteiger partial charge in [-0.2, -0.15) is 0 Å². The maximum atomic E-state index is 12.5. The fourth-order valence-corrected chi connectivity index (χ4v) is 2.36. The van der Waals surface area contributed by atoms with E-state index < -0.39 is 0 Å². The zero-order valence-electron chi connectivity index (χ0n) is 13.8. The minimum absolute atomic E-state index is 0.0573. The van der Waals surface area contributed by atoms with Gasteiger partial charge in [-0.3, -0.25) is 9.78 Å². The van der Waals surface area contributed by atoms with Crippen LogP contribution in [0.5, 0.6) is 0 Å². The van der Waals surface area contributed by atoms with Crippen molar-refractivity contribution in [1.82, 2.24) is 14.9 Å². The van der Waals surface area contributed by atoms with Crippen LogP contribution in [-0.2, 0) is 6.54 Å². The Kier molecular flexibility index (Phi) is 6.54. The third-order valence-electron chi connectivity index (χ3n) is 3.51. The Balaban J connectivity index is 1.96. The lowest BCUT2D eigenvalue weighted by Gasteiger charge is -2.21. The Morgan fingerprint density at radius 3 is 2.35 bits per heavy atom. The summed E-state index contributed by atoms with van der Waals surface area (Å²) >= 11 is 0. The number of nitrogens with zero attached hydrogens (tertiary/aromatic N) is 3. The second-order valence-electron chi connectivity index (χ2n) is 5.43. The van der Waals surface area contributed by atoms with Crippen molar-refractivity contribution < 1.29 is 4.79 Å². The van der Waals surface area contributed by atoms with Gasteiger partial charge in [-0.1, -0.05) is 13.8 Å². The van der Waals surface area contributed by atoms with E-state index in [1.165, 1.54) is 0 Å². The van der Waals surface area contributed by atoms with Crippen LogP contribution in [0.15, 0.2) is 42.9 Å². The Morgan fingerprint density at radius 2 is 1.78 bits per heavy atom. The number of anilines is 1. The van der Waals surface area contributed by atoms with E-state index in [0.717, 1.165) is 37.3 Å². The molecule has 1 N–H and O–H groups in total. The van der Waals surface area contributed by atoms with Crippen molar-refractivity contribution in [1.29, 1.82) is 0 Å². The van der Waals surface area contributed by atoms with Gasteiger partial charge in [0.1, 0.15) is 5.82 Å². The lowest BCUT2D eigenvalue weighted by Crippen LogP contribution is -2.32. The van der Waals surface area contributed by atoms with Crippen molar-refractivity contribution in [3.8, 4) is 0 Å². The molecule has 1 amide bonds. The van der Waals surface area contributed by atoms with Gasteiger partial charge in [0.05, 0.1) is 5.56 Å². The molecule has 0 bridgehead atoms. The molecular weight excluding hydrogens is 288 g/mol. The van der Waals surface area contributed by atoms with E-state index in [-0.39, 0.29) is 5.91 Å². The molecule has 0 spiro atoms. The number of carbonyl (C=O) groups excluding carboxylic acids is 1. The van der Waals surface area contributed by atoms with Crippen LogP contribution < -0.4 is 5.32 Å². The highest BCUT2D eigenvalue weighted by molar-refractivity contribution is 5.94. The van der Waals surface area contributed by atoms with Crippen molar-refractivity contribution in [2.45, 2.75) is 33.2 Å². The van der Waals surface area contributed by atoms with Gasteiger partial charge in [-0.25, -0.2) is 4.98 Å². The average Bonchev–Trinajstić information content (AvgIpc) is 2.60. The van der Waals surface area contributed by atoms with Crippen LogP contribution in [0.4, 0.5) is 5.82 Å². The number of nitrogens with one attached hydrogen (secondary N) is 1. The highest BCUT2D eigenvalue weighted by Crippen LogP contribution is 2.10. The van der Waals surface area contributed by atoms with Gasteiger partial charge >= 0.3 is 0 Å². The summed E-state index contributed by atoms with van der Waals surface area (Å²) in [7, 11) is 0. The maximum Gasteiger partial charge on any atom is 0.255 e. The molecule has 0 aromatic carbocycles. The van der Waals surface area contributed by atoms with Crippen LogP contribution in [0.1, 0.15) is 42.6 Å². The number of hydrogen-bond acceptors (Lipinski definition) is 4. The lowest BCUT2D eigenvalue weighted by atomic mass is 10.2. The molecular formula is C18H24N4O. The molecule has 0 aliphatic heterocycles. The SMILES string of the molecule is CCCN(CCC)C(=O)c1ccc(NCc2ccncc2)nc1. The van der Waals surface area contributed by atoms with Crippen LogP contribution >= 0.6 is 0 Å². The first-order chi connectivity index (χ1) is 11.2. The van der Waals surface area contributed by atoms with Gasteiger partial charge in [-0.15, -0.1) is 0 Å². The third kappa shape index (κ3) is 5.06. The Bertz CT molecular complexity index is 592. The van der Waals surface area contributed by atoms with E-state index in [0.29, 0.717) is 12.1 Å². The second kappa shape index (κ2) is 8.88. The number of amides is 1. The second-order valence-corrected chi connectivity index (χ2v) is 5.43. The third-order valence-corrected chi connectivity index (χ3v) is 3.51. The molecule has 5 heteroatoms. The first-order valence-electron chi connectivity index (χ1n) is 8.12. The summed E-state index contributed by atoms with van der Waals surface area (Å²) < 4.78 is 0. The Hall–Kier alpha value is -2.43.